The number of hydrogen-bond acceptors (Lipinski definition) is 3. The SMILES string of the molecule is CCNC(=NCC(CCO)CC(C)C)N(C)Cc1ccc(OC(F)F)cc1. The highest BCUT2D eigenvalue weighted by molar-refractivity contribution is 5.79. The van der Waals surface area contributed by atoms with E-state index in [1.165, 1.54) is 0 Å². The Balaban J connectivity index is 2.74. The fraction of sp³-hybridized carbons (Fsp3) is 0.650. The number of nitrogens with zero attached hydrogens (tertiary/aromatic N) is 2. The van der Waals surface area contributed by atoms with Gasteiger partial charge >= 0.3 is 6.61 Å². The van der Waals surface area contributed by atoms with E-state index in [0.717, 1.165) is 30.9 Å². The predicted molar refractivity (Wildman–Crippen MR) is 105 cm³/mol. The maximum Gasteiger partial charge on any atom is 0.387 e. The number of rotatable bonds is 11. The molecule has 1 atom stereocenters. The molecule has 0 aliphatic heterocycles. The van der Waals surface area contributed by atoms with Crippen molar-refractivity contribution in [1.82, 2.24) is 10.2 Å². The van der Waals surface area contributed by atoms with Crippen LogP contribution in [0.4, 0.5) is 8.78 Å². The van der Waals surface area contributed by atoms with Crippen molar-refractivity contribution in [2.75, 3.05) is 26.7 Å². The third-order valence-electron chi connectivity index (χ3n) is 4.11. The van der Waals surface area contributed by atoms with E-state index in [2.05, 4.69) is 23.9 Å². The highest BCUT2D eigenvalue weighted by Crippen LogP contribution is 2.17. The molecule has 0 aliphatic carbocycles. The van der Waals surface area contributed by atoms with Gasteiger partial charge in [0, 0.05) is 33.3 Å². The average Bonchev–Trinajstić information content (AvgIpc) is 2.59. The molecular formula is C20H33F2N3O2. The largest absolute Gasteiger partial charge is 0.435 e. The van der Waals surface area contributed by atoms with E-state index in [9.17, 15) is 13.9 Å². The van der Waals surface area contributed by atoms with Crippen LogP contribution in [0.5, 0.6) is 5.75 Å². The van der Waals surface area contributed by atoms with Crippen LogP contribution in [0.15, 0.2) is 29.3 Å². The zero-order valence-corrected chi connectivity index (χ0v) is 16.8. The van der Waals surface area contributed by atoms with Crippen LogP contribution >= 0.6 is 0 Å². The Hall–Kier alpha value is -1.89. The number of halogens is 2. The Kier molecular flexibility index (Phi) is 10.7. The van der Waals surface area contributed by atoms with Crippen LogP contribution in [0, 0.1) is 11.8 Å². The van der Waals surface area contributed by atoms with E-state index in [4.69, 9.17) is 4.99 Å². The lowest BCUT2D eigenvalue weighted by Crippen LogP contribution is -2.38. The first-order valence-corrected chi connectivity index (χ1v) is 9.49. The van der Waals surface area contributed by atoms with Crippen LogP contribution in [0.2, 0.25) is 0 Å². The third kappa shape index (κ3) is 9.56. The van der Waals surface area contributed by atoms with Crippen molar-refractivity contribution in [3.8, 4) is 5.75 Å². The fourth-order valence-electron chi connectivity index (χ4n) is 2.94. The number of nitrogens with one attached hydrogen (secondary N) is 1. The highest BCUT2D eigenvalue weighted by atomic mass is 19.3. The molecule has 1 aromatic rings. The Morgan fingerprint density at radius 1 is 1.26 bits per heavy atom. The molecule has 1 aromatic carbocycles. The van der Waals surface area contributed by atoms with Gasteiger partial charge < -0.3 is 20.1 Å². The summed E-state index contributed by atoms with van der Waals surface area (Å²) in [4.78, 5) is 6.73. The van der Waals surface area contributed by atoms with E-state index in [1.54, 1.807) is 24.3 Å². The summed E-state index contributed by atoms with van der Waals surface area (Å²) < 4.78 is 28.8. The molecule has 0 aliphatic rings. The van der Waals surface area contributed by atoms with Crippen molar-refractivity contribution >= 4 is 5.96 Å². The molecular weight excluding hydrogens is 352 g/mol. The number of ether oxygens (including phenoxy) is 1. The topological polar surface area (TPSA) is 57.1 Å². The van der Waals surface area contributed by atoms with Crippen molar-refractivity contribution in [2.45, 2.75) is 46.8 Å². The Morgan fingerprint density at radius 3 is 2.44 bits per heavy atom. The van der Waals surface area contributed by atoms with Gasteiger partial charge in [-0.25, -0.2) is 0 Å². The fourth-order valence-corrected chi connectivity index (χ4v) is 2.94. The smallest absolute Gasteiger partial charge is 0.387 e. The number of hydrogen-bond donors (Lipinski definition) is 2. The number of aliphatic hydroxyl groups is 1. The van der Waals surface area contributed by atoms with Crippen molar-refractivity contribution < 1.29 is 18.6 Å². The van der Waals surface area contributed by atoms with Gasteiger partial charge in [-0.1, -0.05) is 26.0 Å². The van der Waals surface area contributed by atoms with Gasteiger partial charge in [0.05, 0.1) is 0 Å². The van der Waals surface area contributed by atoms with E-state index < -0.39 is 6.61 Å². The van der Waals surface area contributed by atoms with Crippen LogP contribution in [0.1, 0.15) is 39.2 Å². The summed E-state index contributed by atoms with van der Waals surface area (Å²) in [6.07, 6.45) is 1.77. The van der Waals surface area contributed by atoms with Crippen LogP contribution < -0.4 is 10.1 Å². The Bertz CT molecular complexity index is 551. The third-order valence-corrected chi connectivity index (χ3v) is 4.11. The lowest BCUT2D eigenvalue weighted by molar-refractivity contribution is -0.0498. The Labute approximate surface area is 161 Å². The van der Waals surface area contributed by atoms with Crippen LogP contribution in [-0.2, 0) is 6.54 Å². The molecule has 0 fully saturated rings. The summed E-state index contributed by atoms with van der Waals surface area (Å²) in [5.74, 6) is 1.85. The predicted octanol–water partition coefficient (Wildman–Crippen LogP) is 3.73. The number of guanidine groups is 1. The zero-order chi connectivity index (χ0) is 20.2. The van der Waals surface area contributed by atoms with E-state index in [-0.39, 0.29) is 12.4 Å². The van der Waals surface area contributed by atoms with Gasteiger partial charge in [-0.05, 0) is 49.3 Å². The highest BCUT2D eigenvalue weighted by Gasteiger charge is 2.13. The number of aliphatic hydroxyl groups excluding tert-OH is 1. The number of aliphatic imine (C=N–C) groups is 1. The second-order valence-electron chi connectivity index (χ2n) is 7.08. The summed E-state index contributed by atoms with van der Waals surface area (Å²) in [5, 5.41) is 12.5. The van der Waals surface area contributed by atoms with Crippen molar-refractivity contribution in [3.05, 3.63) is 29.8 Å². The van der Waals surface area contributed by atoms with E-state index in [0.29, 0.717) is 24.9 Å². The van der Waals surface area contributed by atoms with Gasteiger partial charge in [-0.15, -0.1) is 0 Å². The lowest BCUT2D eigenvalue weighted by atomic mass is 9.94. The number of benzene rings is 1. The van der Waals surface area contributed by atoms with Crippen molar-refractivity contribution in [2.24, 2.45) is 16.8 Å². The summed E-state index contributed by atoms with van der Waals surface area (Å²) in [7, 11) is 1.94. The maximum atomic E-state index is 12.2. The first-order chi connectivity index (χ1) is 12.8. The van der Waals surface area contributed by atoms with Gasteiger partial charge in [0.1, 0.15) is 5.75 Å². The molecule has 0 aromatic heterocycles. The van der Waals surface area contributed by atoms with Crippen LogP contribution in [-0.4, -0.2) is 49.3 Å². The molecule has 27 heavy (non-hydrogen) atoms. The molecule has 0 amide bonds. The molecule has 0 spiro atoms. The van der Waals surface area contributed by atoms with Gasteiger partial charge in [-0.3, -0.25) is 4.99 Å². The minimum Gasteiger partial charge on any atom is -0.435 e. The summed E-state index contributed by atoms with van der Waals surface area (Å²) in [6.45, 7) is 5.72. The summed E-state index contributed by atoms with van der Waals surface area (Å²) in [6, 6.07) is 6.62. The van der Waals surface area contributed by atoms with Crippen molar-refractivity contribution in [3.63, 3.8) is 0 Å². The molecule has 1 rings (SSSR count). The van der Waals surface area contributed by atoms with E-state index in [1.807, 2.05) is 18.9 Å². The molecule has 5 nitrogen and oxygen atoms in total. The minimum absolute atomic E-state index is 0.150. The summed E-state index contributed by atoms with van der Waals surface area (Å²) >= 11 is 0. The van der Waals surface area contributed by atoms with Gasteiger partial charge in [-0.2, -0.15) is 8.78 Å². The zero-order valence-electron chi connectivity index (χ0n) is 16.8. The molecule has 0 heterocycles. The molecule has 0 saturated carbocycles. The van der Waals surface area contributed by atoms with Crippen molar-refractivity contribution in [1.29, 1.82) is 0 Å². The molecule has 154 valence electrons. The first-order valence-electron chi connectivity index (χ1n) is 9.49. The second kappa shape index (κ2) is 12.5. The monoisotopic (exact) mass is 385 g/mol. The van der Waals surface area contributed by atoms with Crippen LogP contribution in [0.25, 0.3) is 0 Å². The average molecular weight is 385 g/mol. The summed E-state index contributed by atoms with van der Waals surface area (Å²) in [5.41, 5.74) is 0.971. The van der Waals surface area contributed by atoms with Crippen LogP contribution in [0.3, 0.4) is 0 Å². The molecule has 0 radical (unpaired) electrons. The molecule has 0 saturated heterocycles. The maximum absolute atomic E-state index is 12.2. The van der Waals surface area contributed by atoms with Gasteiger partial charge in [0.25, 0.3) is 0 Å². The normalized spacial score (nSPS) is 13.1. The minimum atomic E-state index is -2.82. The second-order valence-corrected chi connectivity index (χ2v) is 7.08. The van der Waals surface area contributed by atoms with Gasteiger partial charge in [0.15, 0.2) is 5.96 Å². The molecule has 7 heteroatoms. The quantitative estimate of drug-likeness (QED) is 0.450. The molecule has 2 N–H and O–H groups in total. The van der Waals surface area contributed by atoms with Gasteiger partial charge in [0.2, 0.25) is 0 Å². The number of alkyl halides is 2. The first kappa shape index (κ1) is 23.1. The lowest BCUT2D eigenvalue weighted by Gasteiger charge is -2.23. The molecule has 0 bridgehead atoms. The standard InChI is InChI=1S/C20H33F2N3O2/c1-5-23-20(24-13-17(10-11-26)12-15(2)3)25(4)14-16-6-8-18(9-7-16)27-19(21)22/h6-9,15,17,19,26H,5,10-14H2,1-4H3,(H,23,24). The molecule has 1 unspecified atom stereocenters. The van der Waals surface area contributed by atoms with E-state index >= 15 is 0 Å². The Morgan fingerprint density at radius 2 is 1.93 bits per heavy atom.